The zero-order valence-electron chi connectivity index (χ0n) is 14.7. The van der Waals surface area contributed by atoms with E-state index >= 15 is 0 Å². The minimum atomic E-state index is -3.06. The molecule has 0 aliphatic carbocycles. The number of guanidine groups is 1. The fourth-order valence-corrected chi connectivity index (χ4v) is 3.99. The van der Waals surface area contributed by atoms with Crippen LogP contribution in [0.2, 0.25) is 0 Å². The fraction of sp³-hybridized carbons (Fsp3) is 0.625. The normalized spacial score (nSPS) is 19.8. The minimum Gasteiger partial charge on any atom is -0.478 e. The maximum Gasteiger partial charge on any atom is 0.213 e. The van der Waals surface area contributed by atoms with Crippen molar-refractivity contribution >= 4 is 15.8 Å². The molecule has 0 radical (unpaired) electrons. The Labute approximate surface area is 144 Å². The molecule has 0 atom stereocenters. The lowest BCUT2D eigenvalue weighted by molar-refractivity contribution is 0.326. The van der Waals surface area contributed by atoms with Crippen molar-refractivity contribution in [3.8, 4) is 5.88 Å². The Hall–Kier alpha value is -1.83. The Morgan fingerprint density at radius 2 is 2.25 bits per heavy atom. The molecule has 0 amide bonds. The van der Waals surface area contributed by atoms with Gasteiger partial charge in [-0.2, -0.15) is 0 Å². The highest BCUT2D eigenvalue weighted by molar-refractivity contribution is 7.92. The average molecular weight is 354 g/mol. The van der Waals surface area contributed by atoms with Crippen LogP contribution >= 0.6 is 0 Å². The van der Waals surface area contributed by atoms with Gasteiger partial charge in [0.05, 0.1) is 17.1 Å². The van der Waals surface area contributed by atoms with Crippen molar-refractivity contribution in [3.05, 3.63) is 23.9 Å². The average Bonchev–Trinajstić information content (AvgIpc) is 2.52. The molecule has 0 bridgehead atoms. The zero-order valence-corrected chi connectivity index (χ0v) is 15.6. The molecule has 24 heavy (non-hydrogen) atoms. The summed E-state index contributed by atoms with van der Waals surface area (Å²) in [4.78, 5) is 10.4. The van der Waals surface area contributed by atoms with E-state index in [2.05, 4.69) is 15.3 Å². The van der Waals surface area contributed by atoms with Gasteiger partial charge in [0.1, 0.15) is 0 Å². The first-order valence-electron chi connectivity index (χ1n) is 8.04. The van der Waals surface area contributed by atoms with E-state index in [9.17, 15) is 8.42 Å². The highest BCUT2D eigenvalue weighted by atomic mass is 32.2. The Bertz CT molecular complexity index is 701. The molecule has 2 rings (SSSR count). The quantitative estimate of drug-likeness (QED) is 0.643. The van der Waals surface area contributed by atoms with Crippen LogP contribution in [0.4, 0.5) is 0 Å². The first-order valence-corrected chi connectivity index (χ1v) is 9.70. The third-order valence-corrected chi connectivity index (χ3v) is 6.63. The second kappa shape index (κ2) is 7.38. The van der Waals surface area contributed by atoms with Crippen LogP contribution in [-0.4, -0.2) is 61.5 Å². The SMILES string of the molecule is CCOc1cc(CNC(=NC)N2CCS(=O)(=O)C(C)(C)C2)ccn1. The van der Waals surface area contributed by atoms with Crippen molar-refractivity contribution in [1.29, 1.82) is 0 Å². The smallest absolute Gasteiger partial charge is 0.213 e. The zero-order chi connectivity index (χ0) is 17.8. The fourth-order valence-electron chi connectivity index (χ4n) is 2.63. The highest BCUT2D eigenvalue weighted by Gasteiger charge is 2.40. The number of nitrogens with one attached hydrogen (secondary N) is 1. The van der Waals surface area contributed by atoms with Gasteiger partial charge in [-0.25, -0.2) is 13.4 Å². The van der Waals surface area contributed by atoms with Crippen molar-refractivity contribution in [1.82, 2.24) is 15.2 Å². The minimum absolute atomic E-state index is 0.143. The predicted octanol–water partition coefficient (Wildman–Crippen LogP) is 1.06. The summed E-state index contributed by atoms with van der Waals surface area (Å²) >= 11 is 0. The van der Waals surface area contributed by atoms with Gasteiger partial charge in [-0.3, -0.25) is 4.99 Å². The molecule has 1 N–H and O–H groups in total. The number of hydrogen-bond donors (Lipinski definition) is 1. The third kappa shape index (κ3) is 4.17. The lowest BCUT2D eigenvalue weighted by Gasteiger charge is -2.39. The molecule has 1 aliphatic rings. The van der Waals surface area contributed by atoms with Crippen LogP contribution in [-0.2, 0) is 16.4 Å². The van der Waals surface area contributed by atoms with Crippen LogP contribution in [0, 0.1) is 0 Å². The summed E-state index contributed by atoms with van der Waals surface area (Å²) in [7, 11) is -1.36. The first kappa shape index (κ1) is 18.5. The van der Waals surface area contributed by atoms with Gasteiger partial charge in [-0.05, 0) is 32.4 Å². The molecule has 1 aliphatic heterocycles. The lowest BCUT2D eigenvalue weighted by atomic mass is 10.2. The summed E-state index contributed by atoms with van der Waals surface area (Å²) in [6.45, 7) is 7.46. The maximum absolute atomic E-state index is 12.1. The molecule has 8 heteroatoms. The number of sulfone groups is 1. The first-order chi connectivity index (χ1) is 11.3. The summed E-state index contributed by atoms with van der Waals surface area (Å²) in [5.41, 5.74) is 1.03. The van der Waals surface area contributed by atoms with Crippen molar-refractivity contribution in [2.24, 2.45) is 4.99 Å². The summed E-state index contributed by atoms with van der Waals surface area (Å²) in [5.74, 6) is 1.44. The van der Waals surface area contributed by atoms with E-state index in [1.807, 2.05) is 24.0 Å². The highest BCUT2D eigenvalue weighted by Crippen LogP contribution is 2.23. The molecule has 1 aromatic heterocycles. The molecule has 0 spiro atoms. The van der Waals surface area contributed by atoms with E-state index in [1.165, 1.54) is 0 Å². The van der Waals surface area contributed by atoms with E-state index in [-0.39, 0.29) is 5.75 Å². The maximum atomic E-state index is 12.1. The van der Waals surface area contributed by atoms with Crippen LogP contribution < -0.4 is 10.1 Å². The number of aromatic nitrogens is 1. The summed E-state index contributed by atoms with van der Waals surface area (Å²) < 4.78 is 28.9. The van der Waals surface area contributed by atoms with Gasteiger partial charge >= 0.3 is 0 Å². The van der Waals surface area contributed by atoms with E-state index in [0.29, 0.717) is 38.1 Å². The molecule has 1 saturated heterocycles. The molecule has 134 valence electrons. The van der Waals surface area contributed by atoms with E-state index in [0.717, 1.165) is 5.56 Å². The molecular formula is C16H26N4O3S. The number of ether oxygens (including phenoxy) is 1. The van der Waals surface area contributed by atoms with Crippen LogP contribution in [0.15, 0.2) is 23.3 Å². The van der Waals surface area contributed by atoms with Crippen LogP contribution in [0.1, 0.15) is 26.3 Å². The second-order valence-electron chi connectivity index (χ2n) is 6.34. The van der Waals surface area contributed by atoms with Gasteiger partial charge < -0.3 is 15.0 Å². The molecule has 1 aromatic rings. The summed E-state index contributed by atoms with van der Waals surface area (Å²) in [5, 5.41) is 3.29. The van der Waals surface area contributed by atoms with E-state index in [1.54, 1.807) is 27.1 Å². The summed E-state index contributed by atoms with van der Waals surface area (Å²) in [6, 6.07) is 3.79. The lowest BCUT2D eigenvalue weighted by Crippen LogP contribution is -2.57. The van der Waals surface area contributed by atoms with E-state index in [4.69, 9.17) is 4.74 Å². The number of hydrogen-bond acceptors (Lipinski definition) is 5. The van der Waals surface area contributed by atoms with Gasteiger partial charge in [0, 0.05) is 38.9 Å². The molecule has 0 aromatic carbocycles. The Balaban J connectivity index is 2.02. The molecule has 7 nitrogen and oxygen atoms in total. The number of rotatable bonds is 4. The van der Waals surface area contributed by atoms with Gasteiger partial charge in [0.2, 0.25) is 5.88 Å². The molecule has 0 unspecified atom stereocenters. The predicted molar refractivity (Wildman–Crippen MR) is 95.0 cm³/mol. The van der Waals surface area contributed by atoms with Crippen molar-refractivity contribution in [2.45, 2.75) is 32.1 Å². The number of pyridine rings is 1. The molecule has 2 heterocycles. The molecule has 1 fully saturated rings. The molecular weight excluding hydrogens is 328 g/mol. The van der Waals surface area contributed by atoms with Crippen LogP contribution in [0.5, 0.6) is 5.88 Å². The largest absolute Gasteiger partial charge is 0.478 e. The molecule has 0 saturated carbocycles. The van der Waals surface area contributed by atoms with Crippen molar-refractivity contribution in [2.75, 3.05) is 32.5 Å². The monoisotopic (exact) mass is 354 g/mol. The number of aliphatic imine (C=N–C) groups is 1. The standard InChI is InChI=1S/C16H26N4O3S/c1-5-23-14-10-13(6-7-18-14)11-19-15(17-4)20-8-9-24(21,22)16(2,3)12-20/h6-7,10H,5,8-9,11-12H2,1-4H3,(H,17,19). The second-order valence-corrected chi connectivity index (χ2v) is 9.08. The third-order valence-electron chi connectivity index (χ3n) is 4.10. The van der Waals surface area contributed by atoms with Gasteiger partial charge in [0.25, 0.3) is 0 Å². The van der Waals surface area contributed by atoms with Crippen molar-refractivity contribution < 1.29 is 13.2 Å². The van der Waals surface area contributed by atoms with E-state index < -0.39 is 14.6 Å². The Morgan fingerprint density at radius 1 is 1.50 bits per heavy atom. The van der Waals surface area contributed by atoms with Crippen molar-refractivity contribution in [3.63, 3.8) is 0 Å². The topological polar surface area (TPSA) is 83.9 Å². The van der Waals surface area contributed by atoms with Crippen LogP contribution in [0.3, 0.4) is 0 Å². The number of nitrogens with zero attached hydrogens (tertiary/aromatic N) is 3. The Morgan fingerprint density at radius 3 is 2.88 bits per heavy atom. The van der Waals surface area contributed by atoms with Crippen LogP contribution in [0.25, 0.3) is 0 Å². The Kier molecular flexibility index (Phi) is 5.69. The van der Waals surface area contributed by atoms with Gasteiger partial charge in [-0.15, -0.1) is 0 Å². The summed E-state index contributed by atoms with van der Waals surface area (Å²) in [6.07, 6.45) is 1.71. The van der Waals surface area contributed by atoms with Gasteiger partial charge in [-0.1, -0.05) is 0 Å². The van der Waals surface area contributed by atoms with Gasteiger partial charge in [0.15, 0.2) is 15.8 Å².